The molecule has 0 saturated heterocycles. The molecule has 1 atom stereocenters. The van der Waals surface area contributed by atoms with Gasteiger partial charge in [-0.15, -0.1) is 0 Å². The molecule has 3 heteroatoms. The van der Waals surface area contributed by atoms with Crippen LogP contribution in [-0.2, 0) is 4.79 Å². The summed E-state index contributed by atoms with van der Waals surface area (Å²) in [5, 5.41) is 8.61. The van der Waals surface area contributed by atoms with Gasteiger partial charge in [-0.05, 0) is 25.8 Å². The van der Waals surface area contributed by atoms with Gasteiger partial charge in [-0.3, -0.25) is 9.69 Å². The first-order chi connectivity index (χ1) is 6.74. The number of likely N-dealkylation sites (N-methyl/N-ethyl adjacent to an activating group) is 1. The van der Waals surface area contributed by atoms with E-state index in [0.29, 0.717) is 12.6 Å². The fourth-order valence-corrected chi connectivity index (χ4v) is 1.90. The fourth-order valence-electron chi connectivity index (χ4n) is 1.90. The molecule has 0 aromatic rings. The summed E-state index contributed by atoms with van der Waals surface area (Å²) in [6.45, 7) is 3.69. The second kappa shape index (κ2) is 5.81. The van der Waals surface area contributed by atoms with Crippen LogP contribution in [0.4, 0.5) is 0 Å². The number of carboxylic acid groups (broad SMARTS) is 1. The zero-order valence-corrected chi connectivity index (χ0v) is 8.78. The van der Waals surface area contributed by atoms with E-state index >= 15 is 0 Å². The predicted molar refractivity (Wildman–Crippen MR) is 56.3 cm³/mol. The molecule has 0 aromatic carbocycles. The third-order valence-corrected chi connectivity index (χ3v) is 2.72. The van der Waals surface area contributed by atoms with Gasteiger partial charge in [-0.2, -0.15) is 0 Å². The van der Waals surface area contributed by atoms with Gasteiger partial charge >= 0.3 is 5.97 Å². The van der Waals surface area contributed by atoms with Crippen molar-refractivity contribution in [3.63, 3.8) is 0 Å². The lowest BCUT2D eigenvalue weighted by Gasteiger charge is -2.29. The Bertz CT molecular complexity index is 213. The first-order valence-electron chi connectivity index (χ1n) is 5.36. The molecule has 1 unspecified atom stereocenters. The van der Waals surface area contributed by atoms with Crippen molar-refractivity contribution in [2.75, 3.05) is 13.1 Å². The molecular formula is C11H19NO2. The molecule has 0 spiro atoms. The average Bonchev–Trinajstić information content (AvgIpc) is 2.20. The second-order valence-corrected chi connectivity index (χ2v) is 3.70. The average molecular weight is 197 g/mol. The van der Waals surface area contributed by atoms with Crippen LogP contribution in [-0.4, -0.2) is 35.1 Å². The Hall–Kier alpha value is -0.830. The highest BCUT2D eigenvalue weighted by molar-refractivity contribution is 5.66. The smallest absolute Gasteiger partial charge is 0.304 e. The first-order valence-corrected chi connectivity index (χ1v) is 5.36. The van der Waals surface area contributed by atoms with Crippen molar-refractivity contribution in [1.29, 1.82) is 0 Å². The number of carbonyl (C=O) groups is 1. The Morgan fingerprint density at radius 2 is 2.43 bits per heavy atom. The molecule has 80 valence electrons. The number of hydrogen-bond donors (Lipinski definition) is 1. The van der Waals surface area contributed by atoms with E-state index in [1.807, 2.05) is 0 Å². The number of nitrogens with zero attached hydrogens (tertiary/aromatic N) is 1. The fraction of sp³-hybridized carbons (Fsp3) is 0.727. The Morgan fingerprint density at radius 1 is 1.64 bits per heavy atom. The summed E-state index contributed by atoms with van der Waals surface area (Å²) in [6, 6.07) is 0.466. The van der Waals surface area contributed by atoms with Crippen molar-refractivity contribution in [1.82, 2.24) is 4.90 Å². The Morgan fingerprint density at radius 3 is 2.93 bits per heavy atom. The molecule has 0 saturated carbocycles. The van der Waals surface area contributed by atoms with Gasteiger partial charge in [0.25, 0.3) is 0 Å². The minimum absolute atomic E-state index is 0.248. The minimum atomic E-state index is -0.705. The van der Waals surface area contributed by atoms with Crippen LogP contribution in [0.1, 0.15) is 32.6 Å². The predicted octanol–water partition coefficient (Wildman–Crippen LogP) is 1.89. The van der Waals surface area contributed by atoms with Crippen LogP contribution in [0, 0.1) is 0 Å². The summed E-state index contributed by atoms with van der Waals surface area (Å²) in [6.07, 6.45) is 8.24. The van der Waals surface area contributed by atoms with E-state index in [-0.39, 0.29) is 6.42 Å². The highest BCUT2D eigenvalue weighted by atomic mass is 16.4. The Labute approximate surface area is 85.4 Å². The molecule has 0 fully saturated rings. The van der Waals surface area contributed by atoms with Gasteiger partial charge < -0.3 is 5.11 Å². The van der Waals surface area contributed by atoms with Crippen LogP contribution in [0.2, 0.25) is 0 Å². The second-order valence-electron chi connectivity index (χ2n) is 3.70. The van der Waals surface area contributed by atoms with E-state index in [1.165, 1.54) is 19.3 Å². The normalized spacial score (nSPS) is 21.4. The van der Waals surface area contributed by atoms with Crippen molar-refractivity contribution in [2.24, 2.45) is 0 Å². The van der Waals surface area contributed by atoms with Gasteiger partial charge in [-0.25, -0.2) is 0 Å². The molecule has 0 aliphatic heterocycles. The van der Waals surface area contributed by atoms with Crippen LogP contribution in [0.25, 0.3) is 0 Å². The SMILES string of the molecule is CCN(CCC(=O)O)C1C=CCCC1. The van der Waals surface area contributed by atoms with Crippen LogP contribution in [0.5, 0.6) is 0 Å². The summed E-state index contributed by atoms with van der Waals surface area (Å²) in [4.78, 5) is 12.7. The maximum Gasteiger partial charge on any atom is 0.304 e. The summed E-state index contributed by atoms with van der Waals surface area (Å²) in [7, 11) is 0. The van der Waals surface area contributed by atoms with E-state index in [2.05, 4.69) is 24.0 Å². The van der Waals surface area contributed by atoms with Crippen molar-refractivity contribution in [2.45, 2.75) is 38.6 Å². The zero-order valence-electron chi connectivity index (χ0n) is 8.78. The first kappa shape index (κ1) is 11.2. The van der Waals surface area contributed by atoms with Crippen LogP contribution >= 0.6 is 0 Å². The van der Waals surface area contributed by atoms with E-state index in [1.54, 1.807) is 0 Å². The van der Waals surface area contributed by atoms with Gasteiger partial charge in [0.2, 0.25) is 0 Å². The van der Waals surface area contributed by atoms with Crippen molar-refractivity contribution in [3.05, 3.63) is 12.2 Å². The molecule has 3 nitrogen and oxygen atoms in total. The molecule has 0 amide bonds. The van der Waals surface area contributed by atoms with Gasteiger partial charge in [0, 0.05) is 12.6 Å². The van der Waals surface area contributed by atoms with Crippen molar-refractivity contribution < 1.29 is 9.90 Å². The summed E-state index contributed by atoms with van der Waals surface area (Å²) in [5.41, 5.74) is 0. The monoisotopic (exact) mass is 197 g/mol. The largest absolute Gasteiger partial charge is 0.481 e. The zero-order chi connectivity index (χ0) is 10.4. The molecule has 1 rings (SSSR count). The highest BCUT2D eigenvalue weighted by Crippen LogP contribution is 2.16. The Balaban J connectivity index is 2.39. The molecule has 0 heterocycles. The van der Waals surface area contributed by atoms with Crippen LogP contribution in [0.15, 0.2) is 12.2 Å². The van der Waals surface area contributed by atoms with Crippen LogP contribution < -0.4 is 0 Å². The quantitative estimate of drug-likeness (QED) is 0.684. The van der Waals surface area contributed by atoms with E-state index in [0.717, 1.165) is 6.54 Å². The summed E-state index contributed by atoms with van der Waals surface area (Å²) in [5.74, 6) is -0.705. The van der Waals surface area contributed by atoms with Crippen molar-refractivity contribution in [3.8, 4) is 0 Å². The minimum Gasteiger partial charge on any atom is -0.481 e. The maximum atomic E-state index is 10.5. The maximum absolute atomic E-state index is 10.5. The molecule has 1 N–H and O–H groups in total. The molecule has 0 aromatic heterocycles. The summed E-state index contributed by atoms with van der Waals surface area (Å²) >= 11 is 0. The molecule has 1 aliphatic rings. The third-order valence-electron chi connectivity index (χ3n) is 2.72. The lowest BCUT2D eigenvalue weighted by Crippen LogP contribution is -2.36. The van der Waals surface area contributed by atoms with Gasteiger partial charge in [-0.1, -0.05) is 19.1 Å². The third kappa shape index (κ3) is 3.50. The number of allylic oxidation sites excluding steroid dienone is 1. The molecular weight excluding hydrogens is 178 g/mol. The molecule has 0 radical (unpaired) electrons. The molecule has 1 aliphatic carbocycles. The number of carboxylic acids is 1. The van der Waals surface area contributed by atoms with Crippen LogP contribution in [0.3, 0.4) is 0 Å². The standard InChI is InChI=1S/C11H19NO2/c1-2-12(9-8-11(13)14)10-6-4-3-5-7-10/h4,6,10H,2-3,5,7-9H2,1H3,(H,13,14). The molecule has 0 bridgehead atoms. The van der Waals surface area contributed by atoms with Crippen molar-refractivity contribution >= 4 is 5.97 Å². The summed E-state index contributed by atoms with van der Waals surface area (Å²) < 4.78 is 0. The van der Waals surface area contributed by atoms with Gasteiger partial charge in [0.1, 0.15) is 0 Å². The van der Waals surface area contributed by atoms with Gasteiger partial charge in [0.05, 0.1) is 6.42 Å². The van der Waals surface area contributed by atoms with Gasteiger partial charge in [0.15, 0.2) is 0 Å². The molecule has 14 heavy (non-hydrogen) atoms. The van der Waals surface area contributed by atoms with E-state index < -0.39 is 5.97 Å². The Kier molecular flexibility index (Phi) is 4.66. The van der Waals surface area contributed by atoms with E-state index in [9.17, 15) is 4.79 Å². The number of hydrogen-bond acceptors (Lipinski definition) is 2. The highest BCUT2D eigenvalue weighted by Gasteiger charge is 2.16. The lowest BCUT2D eigenvalue weighted by atomic mass is 10.0. The number of rotatable bonds is 5. The topological polar surface area (TPSA) is 40.5 Å². The lowest BCUT2D eigenvalue weighted by molar-refractivity contribution is -0.137. The number of aliphatic carboxylic acids is 1. The van der Waals surface area contributed by atoms with E-state index in [4.69, 9.17) is 5.11 Å².